The zero-order valence-electron chi connectivity index (χ0n) is 10.7. The Labute approximate surface area is 119 Å². The predicted molar refractivity (Wildman–Crippen MR) is 78.6 cm³/mol. The number of nitrogens with zero attached hydrogens (tertiary/aromatic N) is 1. The van der Waals surface area contributed by atoms with Gasteiger partial charge in [0, 0.05) is 5.56 Å². The molecule has 0 atom stereocenters. The summed E-state index contributed by atoms with van der Waals surface area (Å²) in [6, 6.07) is 11.6. The van der Waals surface area contributed by atoms with Gasteiger partial charge in [-0.05, 0) is 16.8 Å². The zero-order valence-corrected chi connectivity index (χ0v) is 11.5. The number of carboxylic acid groups (broad SMARTS) is 1. The third-order valence-corrected chi connectivity index (χ3v) is 3.95. The Morgan fingerprint density at radius 2 is 2.05 bits per heavy atom. The second kappa shape index (κ2) is 4.94. The molecule has 1 N–H and O–H groups in total. The second-order valence-electron chi connectivity index (χ2n) is 4.20. The molecule has 0 saturated heterocycles. The summed E-state index contributed by atoms with van der Waals surface area (Å²) in [5.41, 5.74) is 2.38. The van der Waals surface area contributed by atoms with E-state index in [2.05, 4.69) is 4.98 Å². The monoisotopic (exact) mass is 285 g/mol. The first-order valence-electron chi connectivity index (χ1n) is 5.95. The van der Waals surface area contributed by atoms with Crippen molar-refractivity contribution in [2.75, 3.05) is 7.11 Å². The first-order valence-corrected chi connectivity index (χ1v) is 6.83. The molecule has 4 nitrogen and oxygen atoms in total. The third-order valence-electron chi connectivity index (χ3n) is 3.11. The van der Waals surface area contributed by atoms with Crippen molar-refractivity contribution in [3.63, 3.8) is 0 Å². The van der Waals surface area contributed by atoms with E-state index in [9.17, 15) is 9.90 Å². The lowest BCUT2D eigenvalue weighted by atomic mass is 10.0. The van der Waals surface area contributed by atoms with E-state index >= 15 is 0 Å². The lowest BCUT2D eigenvalue weighted by Gasteiger charge is -2.11. The summed E-state index contributed by atoms with van der Waals surface area (Å²) >= 11 is 1.30. The molecule has 0 spiro atoms. The van der Waals surface area contributed by atoms with Gasteiger partial charge >= 0.3 is 5.97 Å². The van der Waals surface area contributed by atoms with Crippen LogP contribution in [0.5, 0.6) is 5.75 Å². The Morgan fingerprint density at radius 1 is 1.25 bits per heavy atom. The maximum absolute atomic E-state index is 11.3. The third kappa shape index (κ3) is 1.92. The number of carbonyl (C=O) groups is 1. The average molecular weight is 285 g/mol. The summed E-state index contributed by atoms with van der Waals surface area (Å²) in [4.78, 5) is 15.8. The molecule has 100 valence electrons. The van der Waals surface area contributed by atoms with Crippen LogP contribution in [0.15, 0.2) is 41.9 Å². The van der Waals surface area contributed by atoms with Crippen molar-refractivity contribution in [2.24, 2.45) is 0 Å². The Kier molecular flexibility index (Phi) is 3.12. The van der Waals surface area contributed by atoms with Crippen molar-refractivity contribution < 1.29 is 14.6 Å². The minimum atomic E-state index is -1.03. The van der Waals surface area contributed by atoms with E-state index in [0.717, 1.165) is 16.3 Å². The first kappa shape index (κ1) is 12.6. The number of aromatic carboxylic acids is 1. The number of aromatic nitrogens is 1. The number of thiazole rings is 1. The van der Waals surface area contributed by atoms with Crippen LogP contribution in [-0.2, 0) is 0 Å². The Morgan fingerprint density at radius 3 is 2.80 bits per heavy atom. The lowest BCUT2D eigenvalue weighted by Crippen LogP contribution is -1.99. The predicted octanol–water partition coefficient (Wildman–Crippen LogP) is 3.67. The molecule has 0 aliphatic heterocycles. The number of methoxy groups -OCH3 is 1. The minimum absolute atomic E-state index is 0.0599. The van der Waals surface area contributed by atoms with Crippen LogP contribution in [0.3, 0.4) is 0 Å². The number of rotatable bonds is 3. The first-order chi connectivity index (χ1) is 9.72. The van der Waals surface area contributed by atoms with Crippen molar-refractivity contribution in [3.8, 4) is 16.2 Å². The molecule has 1 heterocycles. The zero-order chi connectivity index (χ0) is 14.1. The molecular formula is C15H11NO3S. The van der Waals surface area contributed by atoms with Crippen LogP contribution >= 0.6 is 11.3 Å². The molecule has 0 aliphatic carbocycles. The lowest BCUT2D eigenvalue weighted by molar-refractivity contribution is 0.0692. The van der Waals surface area contributed by atoms with Crippen molar-refractivity contribution >= 4 is 28.1 Å². The van der Waals surface area contributed by atoms with Gasteiger partial charge in [0.25, 0.3) is 0 Å². The van der Waals surface area contributed by atoms with Crippen LogP contribution < -0.4 is 4.74 Å². The Balaban J connectivity index is 2.39. The van der Waals surface area contributed by atoms with Crippen LogP contribution in [0.25, 0.3) is 21.2 Å². The molecule has 0 unspecified atom stereocenters. The fourth-order valence-electron chi connectivity index (χ4n) is 2.23. The molecule has 3 aromatic rings. The molecule has 0 amide bonds. The molecule has 0 saturated carbocycles. The van der Waals surface area contributed by atoms with Crippen molar-refractivity contribution in [3.05, 3.63) is 47.6 Å². The molecular weight excluding hydrogens is 274 g/mol. The van der Waals surface area contributed by atoms with Crippen LogP contribution in [0.2, 0.25) is 0 Å². The fourth-order valence-corrected chi connectivity index (χ4v) is 3.08. The molecule has 1 aromatic heterocycles. The number of hydrogen-bond acceptors (Lipinski definition) is 4. The average Bonchev–Trinajstić information content (AvgIpc) is 2.95. The van der Waals surface area contributed by atoms with E-state index in [4.69, 9.17) is 4.74 Å². The van der Waals surface area contributed by atoms with Crippen LogP contribution in [0, 0.1) is 0 Å². The molecule has 0 fully saturated rings. The van der Waals surface area contributed by atoms with Gasteiger partial charge < -0.3 is 9.84 Å². The molecule has 20 heavy (non-hydrogen) atoms. The highest BCUT2D eigenvalue weighted by molar-refractivity contribution is 7.13. The molecule has 3 rings (SSSR count). The van der Waals surface area contributed by atoms with Crippen molar-refractivity contribution in [2.45, 2.75) is 0 Å². The second-order valence-corrected chi connectivity index (χ2v) is 5.05. The van der Waals surface area contributed by atoms with Gasteiger partial charge in [-0.1, -0.05) is 30.3 Å². The Hall–Kier alpha value is -2.40. The summed E-state index contributed by atoms with van der Waals surface area (Å²) in [7, 11) is 1.58. The van der Waals surface area contributed by atoms with Gasteiger partial charge in [0.2, 0.25) is 0 Å². The van der Waals surface area contributed by atoms with Gasteiger partial charge in [-0.25, -0.2) is 9.78 Å². The highest BCUT2D eigenvalue weighted by Crippen LogP contribution is 2.40. The maximum atomic E-state index is 11.3. The molecule has 0 radical (unpaired) electrons. The number of hydrogen-bond donors (Lipinski definition) is 1. The van der Waals surface area contributed by atoms with Crippen LogP contribution in [0.4, 0.5) is 0 Å². The van der Waals surface area contributed by atoms with E-state index in [0.29, 0.717) is 10.6 Å². The van der Waals surface area contributed by atoms with Gasteiger partial charge in [-0.2, -0.15) is 0 Å². The molecule has 2 aromatic carbocycles. The summed E-state index contributed by atoms with van der Waals surface area (Å²) in [6.45, 7) is 0. The van der Waals surface area contributed by atoms with Gasteiger partial charge in [-0.3, -0.25) is 0 Å². The van der Waals surface area contributed by atoms with Gasteiger partial charge in [0.05, 0.1) is 17.5 Å². The number of carboxylic acids is 1. The number of fused-ring (bicyclic) bond motifs is 1. The van der Waals surface area contributed by atoms with E-state index in [1.807, 2.05) is 36.4 Å². The van der Waals surface area contributed by atoms with E-state index < -0.39 is 5.97 Å². The SMILES string of the molecule is COc1ccc2ccccc2c1-c1scnc1C(=O)O. The van der Waals surface area contributed by atoms with E-state index in [-0.39, 0.29) is 5.69 Å². The van der Waals surface area contributed by atoms with Gasteiger partial charge in [0.15, 0.2) is 5.69 Å². The minimum Gasteiger partial charge on any atom is -0.496 e. The highest BCUT2D eigenvalue weighted by Gasteiger charge is 2.20. The largest absolute Gasteiger partial charge is 0.496 e. The van der Waals surface area contributed by atoms with Crippen molar-refractivity contribution in [1.29, 1.82) is 0 Å². The summed E-state index contributed by atoms with van der Waals surface area (Å²) in [5, 5.41) is 11.2. The van der Waals surface area contributed by atoms with Crippen LogP contribution in [-0.4, -0.2) is 23.2 Å². The Bertz CT molecular complexity index is 795. The molecule has 0 bridgehead atoms. The maximum Gasteiger partial charge on any atom is 0.356 e. The quantitative estimate of drug-likeness (QED) is 0.797. The van der Waals surface area contributed by atoms with E-state index in [1.54, 1.807) is 12.6 Å². The van der Waals surface area contributed by atoms with Gasteiger partial charge in [0.1, 0.15) is 5.75 Å². The topological polar surface area (TPSA) is 59.4 Å². The number of ether oxygens (including phenoxy) is 1. The number of benzene rings is 2. The summed E-state index contributed by atoms with van der Waals surface area (Å²) < 4.78 is 5.40. The normalized spacial score (nSPS) is 10.7. The highest BCUT2D eigenvalue weighted by atomic mass is 32.1. The van der Waals surface area contributed by atoms with Crippen molar-refractivity contribution in [1.82, 2.24) is 4.98 Å². The smallest absolute Gasteiger partial charge is 0.356 e. The standard InChI is InChI=1S/C15H11NO3S/c1-19-11-7-6-9-4-2-3-5-10(9)12(11)14-13(15(17)18)16-8-20-14/h2-8H,1H3,(H,17,18). The summed E-state index contributed by atoms with van der Waals surface area (Å²) in [6.07, 6.45) is 0. The van der Waals surface area contributed by atoms with Gasteiger partial charge in [-0.15, -0.1) is 11.3 Å². The fraction of sp³-hybridized carbons (Fsp3) is 0.0667. The summed E-state index contributed by atoms with van der Waals surface area (Å²) in [5.74, 6) is -0.383. The van der Waals surface area contributed by atoms with Crippen LogP contribution in [0.1, 0.15) is 10.5 Å². The molecule has 5 heteroatoms. The molecule has 0 aliphatic rings. The van der Waals surface area contributed by atoms with E-state index in [1.165, 1.54) is 11.3 Å².